The van der Waals surface area contributed by atoms with Crippen LogP contribution in [0.15, 0.2) is 51.8 Å². The predicted molar refractivity (Wildman–Crippen MR) is 89.6 cm³/mol. The number of anilines is 1. The molecule has 2 aromatic carbocycles. The average molecular weight is 361 g/mol. The molecule has 5 nitrogen and oxygen atoms in total. The highest BCUT2D eigenvalue weighted by Crippen LogP contribution is 2.18. The summed E-state index contributed by atoms with van der Waals surface area (Å²) in [5, 5.41) is 9.95. The second-order valence-electron chi connectivity index (χ2n) is 5.11. The number of rotatable bonds is 5. The Hall–Kier alpha value is -2.74. The molecule has 0 saturated heterocycles. The number of halogens is 2. The van der Waals surface area contributed by atoms with Gasteiger partial charge in [-0.05, 0) is 42.2 Å². The zero-order valence-corrected chi connectivity index (χ0v) is 13.9. The number of thioether (sulfide) groups is 1. The van der Waals surface area contributed by atoms with Crippen LogP contribution in [0.5, 0.6) is 0 Å². The summed E-state index contributed by atoms with van der Waals surface area (Å²) in [7, 11) is 0. The van der Waals surface area contributed by atoms with E-state index in [1.54, 1.807) is 11.8 Å². The first-order valence-electron chi connectivity index (χ1n) is 7.27. The fourth-order valence-electron chi connectivity index (χ4n) is 2.10. The molecule has 0 atom stereocenters. The second kappa shape index (κ2) is 7.43. The maximum absolute atomic E-state index is 13.2. The molecule has 1 amide bonds. The highest BCUT2D eigenvalue weighted by molar-refractivity contribution is 7.98. The zero-order chi connectivity index (χ0) is 17.8. The van der Waals surface area contributed by atoms with Crippen LogP contribution < -0.4 is 5.32 Å². The molecule has 1 N–H and O–H groups in total. The van der Waals surface area contributed by atoms with Gasteiger partial charge in [0.25, 0.3) is 5.91 Å². The molecule has 128 valence electrons. The van der Waals surface area contributed by atoms with Crippen molar-refractivity contribution in [3.8, 4) is 0 Å². The summed E-state index contributed by atoms with van der Waals surface area (Å²) in [6.07, 6.45) is 2.41. The predicted octanol–water partition coefficient (Wildman–Crippen LogP) is 3.91. The van der Waals surface area contributed by atoms with Crippen molar-refractivity contribution in [2.75, 3.05) is 11.6 Å². The summed E-state index contributed by atoms with van der Waals surface area (Å²) in [6, 6.07) is 10.6. The van der Waals surface area contributed by atoms with Crippen LogP contribution in [0, 0.1) is 11.6 Å². The summed E-state index contributed by atoms with van der Waals surface area (Å²) in [4.78, 5) is 13.1. The van der Waals surface area contributed by atoms with Crippen LogP contribution in [0.1, 0.15) is 21.8 Å². The van der Waals surface area contributed by atoms with Crippen molar-refractivity contribution >= 4 is 23.7 Å². The number of carbonyl (C=O) groups excluding carboxylic acids is 1. The Kier molecular flexibility index (Phi) is 5.08. The third-order valence-corrected chi connectivity index (χ3v) is 4.13. The van der Waals surface area contributed by atoms with E-state index < -0.39 is 17.5 Å². The first kappa shape index (κ1) is 17.1. The minimum atomic E-state index is -1.10. The maximum Gasteiger partial charge on any atom is 0.322 e. The largest absolute Gasteiger partial charge is 0.407 e. The van der Waals surface area contributed by atoms with Gasteiger partial charge in [-0.25, -0.2) is 8.78 Å². The summed E-state index contributed by atoms with van der Waals surface area (Å²) in [6.45, 7) is 0. The molecule has 3 rings (SSSR count). The Morgan fingerprint density at radius 1 is 1.12 bits per heavy atom. The minimum Gasteiger partial charge on any atom is -0.407 e. The Labute approximate surface area is 146 Å². The molecule has 0 saturated carbocycles. The normalized spacial score (nSPS) is 10.7. The zero-order valence-electron chi connectivity index (χ0n) is 13.1. The highest BCUT2D eigenvalue weighted by atomic mass is 32.2. The second-order valence-corrected chi connectivity index (χ2v) is 5.99. The smallest absolute Gasteiger partial charge is 0.322 e. The SMILES string of the molecule is CSc1ccc(Cc2nnc(NC(=O)c3ccc(F)c(F)c3)o2)cc1. The molecular weight excluding hydrogens is 348 g/mol. The van der Waals surface area contributed by atoms with E-state index >= 15 is 0 Å². The number of nitrogens with one attached hydrogen (secondary N) is 1. The Balaban J connectivity index is 1.66. The number of benzene rings is 2. The van der Waals surface area contributed by atoms with E-state index in [9.17, 15) is 13.6 Å². The van der Waals surface area contributed by atoms with E-state index in [1.807, 2.05) is 30.5 Å². The molecule has 0 fully saturated rings. The first-order valence-corrected chi connectivity index (χ1v) is 8.49. The van der Waals surface area contributed by atoms with E-state index in [4.69, 9.17) is 4.42 Å². The van der Waals surface area contributed by atoms with Gasteiger partial charge in [-0.15, -0.1) is 16.9 Å². The van der Waals surface area contributed by atoms with E-state index in [1.165, 1.54) is 6.07 Å². The van der Waals surface area contributed by atoms with E-state index in [0.717, 1.165) is 22.6 Å². The summed E-state index contributed by atoms with van der Waals surface area (Å²) < 4.78 is 31.4. The molecule has 0 unspecified atom stereocenters. The molecule has 1 aromatic heterocycles. The molecule has 0 aliphatic heterocycles. The lowest BCUT2D eigenvalue weighted by atomic mass is 10.1. The van der Waals surface area contributed by atoms with Crippen LogP contribution in [0.3, 0.4) is 0 Å². The standard InChI is InChI=1S/C17H13F2N3O2S/c1-25-12-5-2-10(3-6-12)8-15-21-22-17(24-15)20-16(23)11-4-7-13(18)14(19)9-11/h2-7,9H,8H2,1H3,(H,20,22,23). The van der Waals surface area contributed by atoms with Gasteiger partial charge in [-0.2, -0.15) is 0 Å². The molecule has 0 aliphatic carbocycles. The van der Waals surface area contributed by atoms with Crippen molar-refractivity contribution in [3.63, 3.8) is 0 Å². The Morgan fingerprint density at radius 2 is 1.88 bits per heavy atom. The van der Waals surface area contributed by atoms with Crippen LogP contribution in [-0.4, -0.2) is 22.4 Å². The molecule has 8 heteroatoms. The van der Waals surface area contributed by atoms with Gasteiger partial charge in [0.15, 0.2) is 11.6 Å². The fraction of sp³-hybridized carbons (Fsp3) is 0.118. The maximum atomic E-state index is 13.2. The molecule has 0 bridgehead atoms. The van der Waals surface area contributed by atoms with Gasteiger partial charge in [-0.3, -0.25) is 10.1 Å². The molecule has 1 heterocycles. The minimum absolute atomic E-state index is 0.0497. The summed E-state index contributed by atoms with van der Waals surface area (Å²) in [5.41, 5.74) is 0.936. The van der Waals surface area contributed by atoms with Crippen LogP contribution >= 0.6 is 11.8 Å². The van der Waals surface area contributed by atoms with Crippen molar-refractivity contribution in [3.05, 3.63) is 71.1 Å². The Bertz CT molecular complexity index is 897. The third-order valence-electron chi connectivity index (χ3n) is 3.38. The van der Waals surface area contributed by atoms with Gasteiger partial charge in [0.05, 0.1) is 6.42 Å². The fourth-order valence-corrected chi connectivity index (χ4v) is 2.51. The lowest BCUT2D eigenvalue weighted by molar-refractivity contribution is 0.102. The number of aromatic nitrogens is 2. The van der Waals surface area contributed by atoms with Gasteiger partial charge >= 0.3 is 6.01 Å². The number of amides is 1. The van der Waals surface area contributed by atoms with Gasteiger partial charge in [0.2, 0.25) is 5.89 Å². The first-order chi connectivity index (χ1) is 12.0. The van der Waals surface area contributed by atoms with E-state index in [-0.39, 0.29) is 11.6 Å². The van der Waals surface area contributed by atoms with Crippen molar-refractivity contribution < 1.29 is 18.0 Å². The van der Waals surface area contributed by atoms with Gasteiger partial charge in [-0.1, -0.05) is 17.2 Å². The lowest BCUT2D eigenvalue weighted by Crippen LogP contribution is -2.12. The van der Waals surface area contributed by atoms with Crippen LogP contribution in [-0.2, 0) is 6.42 Å². The number of hydrogen-bond donors (Lipinski definition) is 1. The van der Waals surface area contributed by atoms with Crippen LogP contribution in [0.2, 0.25) is 0 Å². The number of carbonyl (C=O) groups is 1. The van der Waals surface area contributed by atoms with E-state index in [2.05, 4.69) is 15.5 Å². The van der Waals surface area contributed by atoms with Gasteiger partial charge in [0, 0.05) is 10.5 Å². The quantitative estimate of drug-likeness (QED) is 0.698. The van der Waals surface area contributed by atoms with Crippen LogP contribution in [0.4, 0.5) is 14.8 Å². The van der Waals surface area contributed by atoms with Crippen molar-refractivity contribution in [1.29, 1.82) is 0 Å². The highest BCUT2D eigenvalue weighted by Gasteiger charge is 2.14. The van der Waals surface area contributed by atoms with Crippen molar-refractivity contribution in [1.82, 2.24) is 10.2 Å². The topological polar surface area (TPSA) is 68.0 Å². The molecule has 25 heavy (non-hydrogen) atoms. The van der Waals surface area contributed by atoms with E-state index in [0.29, 0.717) is 12.3 Å². The molecule has 0 spiro atoms. The number of nitrogens with zero attached hydrogens (tertiary/aromatic N) is 2. The third kappa shape index (κ3) is 4.21. The van der Waals surface area contributed by atoms with Crippen molar-refractivity contribution in [2.24, 2.45) is 0 Å². The monoisotopic (exact) mass is 361 g/mol. The summed E-state index contributed by atoms with van der Waals surface area (Å²) >= 11 is 1.65. The Morgan fingerprint density at radius 3 is 2.56 bits per heavy atom. The lowest BCUT2D eigenvalue weighted by Gasteiger charge is -2.01. The van der Waals surface area contributed by atoms with Crippen molar-refractivity contribution in [2.45, 2.75) is 11.3 Å². The molecular formula is C17H13F2N3O2S. The van der Waals surface area contributed by atoms with Crippen LogP contribution in [0.25, 0.3) is 0 Å². The molecule has 0 radical (unpaired) electrons. The van der Waals surface area contributed by atoms with Gasteiger partial charge < -0.3 is 4.42 Å². The average Bonchev–Trinajstić information content (AvgIpc) is 3.04. The van der Waals surface area contributed by atoms with Gasteiger partial charge in [0.1, 0.15) is 0 Å². The summed E-state index contributed by atoms with van der Waals surface area (Å²) in [5.74, 6) is -2.47. The molecule has 3 aromatic rings. The number of hydrogen-bond acceptors (Lipinski definition) is 5. The molecule has 0 aliphatic rings.